The van der Waals surface area contributed by atoms with Crippen LogP contribution in [0, 0.1) is 0 Å². The van der Waals surface area contributed by atoms with Crippen LogP contribution in [0.5, 0.6) is 0 Å². The molecule has 6 N–H and O–H groups in total. The molecule has 1 unspecified atom stereocenters. The Morgan fingerprint density at radius 1 is 1.52 bits per heavy atom. The number of aliphatic hydroxyl groups is 1. The highest BCUT2D eigenvalue weighted by molar-refractivity contribution is 7.52. The van der Waals surface area contributed by atoms with E-state index in [1.54, 1.807) is 0 Å². The Hall–Kier alpha value is -1.78. The Labute approximate surface area is 117 Å². The first kappa shape index (κ1) is 15.6. The number of imidazole rings is 1. The average Bonchev–Trinajstić information content (AvgIpc) is 2.76. The summed E-state index contributed by atoms with van der Waals surface area (Å²) in [6.07, 6.45) is 1.37. The monoisotopic (exact) mass is 319 g/mol. The number of nitrogen functional groups attached to an aromatic ring is 1. The number of nitrogens with two attached hydrogens (primary N) is 1. The summed E-state index contributed by atoms with van der Waals surface area (Å²) in [5, 5.41) is 9.11. The zero-order valence-corrected chi connectivity index (χ0v) is 11.6. The van der Waals surface area contributed by atoms with E-state index < -0.39 is 25.6 Å². The first-order valence-electron chi connectivity index (χ1n) is 5.80. The van der Waals surface area contributed by atoms with Gasteiger partial charge in [-0.3, -0.25) is 14.3 Å². The van der Waals surface area contributed by atoms with Crippen molar-refractivity contribution < 1.29 is 24.2 Å². The number of aliphatic hydroxyl groups excluding tert-OH is 1. The molecule has 0 aromatic carbocycles. The van der Waals surface area contributed by atoms with Crippen molar-refractivity contribution in [2.45, 2.75) is 12.4 Å². The van der Waals surface area contributed by atoms with E-state index >= 15 is 0 Å². The van der Waals surface area contributed by atoms with Crippen molar-refractivity contribution in [2.75, 3.05) is 18.9 Å². The van der Waals surface area contributed by atoms with Crippen LogP contribution in [0.2, 0.25) is 0 Å². The maximum absolute atomic E-state index is 11.5. The van der Waals surface area contributed by atoms with Crippen LogP contribution in [0.4, 0.5) is 5.95 Å². The number of hydrogen-bond acceptors (Lipinski definition) is 7. The standard InChI is InChI=1S/C9H14N5O6P/c10-9-12-7-6(8(16)13-9)11-4-14(7)1-2-20-3-5(15)21(17,18)19/h4-5,15H,1-3H2,(H2,17,18,19)(H3,10,12,13,16). The number of H-pyrrole nitrogens is 1. The Balaban J connectivity index is 1.99. The minimum absolute atomic E-state index is 0.0386. The van der Waals surface area contributed by atoms with Crippen LogP contribution in [-0.4, -0.2) is 53.5 Å². The molecular formula is C9H14N5O6P. The van der Waals surface area contributed by atoms with Gasteiger partial charge in [0.25, 0.3) is 5.56 Å². The van der Waals surface area contributed by atoms with Crippen LogP contribution < -0.4 is 11.3 Å². The van der Waals surface area contributed by atoms with E-state index in [0.717, 1.165) is 0 Å². The molecule has 1 atom stereocenters. The van der Waals surface area contributed by atoms with Crippen LogP contribution in [0.15, 0.2) is 11.1 Å². The van der Waals surface area contributed by atoms with Crippen molar-refractivity contribution >= 4 is 24.7 Å². The van der Waals surface area contributed by atoms with Crippen LogP contribution in [0.25, 0.3) is 11.2 Å². The third kappa shape index (κ3) is 3.65. The van der Waals surface area contributed by atoms with Crippen molar-refractivity contribution in [1.29, 1.82) is 0 Å². The Morgan fingerprint density at radius 3 is 2.90 bits per heavy atom. The van der Waals surface area contributed by atoms with E-state index in [9.17, 15) is 9.36 Å². The highest BCUT2D eigenvalue weighted by atomic mass is 31.2. The number of nitrogens with one attached hydrogen (secondary N) is 1. The van der Waals surface area contributed by atoms with Crippen molar-refractivity contribution in [1.82, 2.24) is 19.5 Å². The summed E-state index contributed by atoms with van der Waals surface area (Å²) in [4.78, 5) is 39.0. The Bertz CT molecular complexity index is 736. The van der Waals surface area contributed by atoms with Gasteiger partial charge in [0.2, 0.25) is 5.95 Å². The van der Waals surface area contributed by atoms with Gasteiger partial charge in [0.1, 0.15) is 0 Å². The zero-order valence-electron chi connectivity index (χ0n) is 10.7. The van der Waals surface area contributed by atoms with Gasteiger partial charge in [-0.15, -0.1) is 0 Å². The highest BCUT2D eigenvalue weighted by Crippen LogP contribution is 2.39. The van der Waals surface area contributed by atoms with Crippen molar-refractivity contribution in [3.05, 3.63) is 16.7 Å². The Kier molecular flexibility index (Phi) is 4.40. The molecule has 0 amide bonds. The van der Waals surface area contributed by atoms with E-state index in [1.807, 2.05) is 0 Å². The van der Waals surface area contributed by atoms with E-state index in [-0.39, 0.29) is 30.3 Å². The summed E-state index contributed by atoms with van der Waals surface area (Å²) in [5.74, 6) is -1.92. The number of aromatic nitrogens is 4. The molecular weight excluding hydrogens is 305 g/mol. The largest absolute Gasteiger partial charge is 0.378 e. The molecule has 0 fully saturated rings. The summed E-state index contributed by atoms with van der Waals surface area (Å²) in [7, 11) is -4.57. The van der Waals surface area contributed by atoms with Gasteiger partial charge < -0.3 is 29.9 Å². The minimum atomic E-state index is -4.57. The molecule has 116 valence electrons. The molecule has 0 aliphatic rings. The molecule has 0 radical (unpaired) electrons. The molecule has 2 aromatic rings. The number of rotatable bonds is 6. The second-order valence-corrected chi connectivity index (χ2v) is 5.98. The number of fused-ring (bicyclic) bond motifs is 1. The third-order valence-electron chi connectivity index (χ3n) is 2.62. The number of ether oxygens (including phenoxy) is 1. The van der Waals surface area contributed by atoms with Crippen molar-refractivity contribution in [3.63, 3.8) is 0 Å². The van der Waals surface area contributed by atoms with Crippen molar-refractivity contribution in [2.24, 2.45) is 0 Å². The molecule has 21 heavy (non-hydrogen) atoms. The highest BCUT2D eigenvalue weighted by Gasteiger charge is 2.26. The van der Waals surface area contributed by atoms with E-state index in [2.05, 4.69) is 15.0 Å². The van der Waals surface area contributed by atoms with Gasteiger partial charge in [0, 0.05) is 6.54 Å². The lowest BCUT2D eigenvalue weighted by atomic mass is 10.5. The van der Waals surface area contributed by atoms with Crippen LogP contribution in [0.1, 0.15) is 0 Å². The second kappa shape index (κ2) is 5.92. The molecule has 0 bridgehead atoms. The fraction of sp³-hybridized carbons (Fsp3) is 0.444. The number of hydrogen-bond donors (Lipinski definition) is 5. The fourth-order valence-corrected chi connectivity index (χ4v) is 1.88. The quantitative estimate of drug-likeness (QED) is 0.304. The van der Waals surface area contributed by atoms with Gasteiger partial charge in [-0.05, 0) is 0 Å². The first-order chi connectivity index (χ1) is 9.79. The second-order valence-electron chi connectivity index (χ2n) is 4.21. The van der Waals surface area contributed by atoms with Crippen molar-refractivity contribution in [3.8, 4) is 0 Å². The molecule has 12 heteroatoms. The third-order valence-corrected chi connectivity index (χ3v) is 3.55. The molecule has 2 rings (SSSR count). The minimum Gasteiger partial charge on any atom is -0.378 e. The maximum atomic E-state index is 11.5. The topological polar surface area (TPSA) is 177 Å². The maximum Gasteiger partial charge on any atom is 0.356 e. The Morgan fingerprint density at radius 2 is 2.24 bits per heavy atom. The SMILES string of the molecule is Nc1nc2c(ncn2CCOCC(O)P(=O)(O)O)c(=O)[nH]1. The predicted molar refractivity (Wildman–Crippen MR) is 71.4 cm³/mol. The van der Waals surface area contributed by atoms with Crippen LogP contribution in [0.3, 0.4) is 0 Å². The summed E-state index contributed by atoms with van der Waals surface area (Å²) in [5.41, 5.74) is 5.37. The summed E-state index contributed by atoms with van der Waals surface area (Å²) in [6.45, 7) is -0.246. The molecule has 0 saturated heterocycles. The van der Waals surface area contributed by atoms with Gasteiger partial charge >= 0.3 is 7.60 Å². The molecule has 0 spiro atoms. The van der Waals surface area contributed by atoms with Gasteiger partial charge in [-0.2, -0.15) is 4.98 Å². The average molecular weight is 319 g/mol. The molecule has 11 nitrogen and oxygen atoms in total. The van der Waals surface area contributed by atoms with E-state index in [4.69, 9.17) is 25.4 Å². The normalized spacial score (nSPS) is 13.7. The molecule has 0 aliphatic carbocycles. The summed E-state index contributed by atoms with van der Waals surface area (Å²) >= 11 is 0. The number of nitrogens with zero attached hydrogens (tertiary/aromatic N) is 3. The lowest BCUT2D eigenvalue weighted by molar-refractivity contribution is 0.0577. The lowest BCUT2D eigenvalue weighted by Crippen LogP contribution is -2.18. The van der Waals surface area contributed by atoms with E-state index in [1.165, 1.54) is 10.9 Å². The van der Waals surface area contributed by atoms with Gasteiger partial charge in [0.15, 0.2) is 17.0 Å². The zero-order chi connectivity index (χ0) is 15.6. The number of aromatic amines is 1. The van der Waals surface area contributed by atoms with Gasteiger partial charge in [-0.1, -0.05) is 0 Å². The van der Waals surface area contributed by atoms with E-state index in [0.29, 0.717) is 0 Å². The molecule has 2 heterocycles. The lowest BCUT2D eigenvalue weighted by Gasteiger charge is -2.12. The smallest absolute Gasteiger partial charge is 0.356 e. The first-order valence-corrected chi connectivity index (χ1v) is 7.49. The summed E-state index contributed by atoms with van der Waals surface area (Å²) in [6, 6.07) is 0. The molecule has 2 aromatic heterocycles. The number of anilines is 1. The molecule has 0 saturated carbocycles. The van der Waals surface area contributed by atoms with Crippen LogP contribution in [-0.2, 0) is 15.8 Å². The fourth-order valence-electron chi connectivity index (χ4n) is 1.58. The van der Waals surface area contributed by atoms with Gasteiger partial charge in [-0.25, -0.2) is 4.98 Å². The van der Waals surface area contributed by atoms with Crippen LogP contribution >= 0.6 is 7.60 Å². The predicted octanol–water partition coefficient (Wildman–Crippen LogP) is -1.79. The summed E-state index contributed by atoms with van der Waals surface area (Å²) < 4.78 is 17.2. The van der Waals surface area contributed by atoms with Gasteiger partial charge in [0.05, 0.1) is 19.5 Å². The molecule has 0 aliphatic heterocycles.